The predicted octanol–water partition coefficient (Wildman–Crippen LogP) is 1.32. The van der Waals surface area contributed by atoms with Gasteiger partial charge in [-0.1, -0.05) is 6.07 Å². The van der Waals surface area contributed by atoms with Gasteiger partial charge in [0.1, 0.15) is 0 Å². The van der Waals surface area contributed by atoms with Crippen LogP contribution in [-0.2, 0) is 10.0 Å². The van der Waals surface area contributed by atoms with E-state index in [4.69, 9.17) is 0 Å². The van der Waals surface area contributed by atoms with Crippen molar-refractivity contribution in [1.82, 2.24) is 9.97 Å². The lowest BCUT2D eigenvalue weighted by Crippen LogP contribution is -2.16. The Balaban J connectivity index is 2.50. The molecule has 0 bridgehead atoms. The van der Waals surface area contributed by atoms with Crippen molar-refractivity contribution in [2.75, 3.05) is 4.72 Å². The third-order valence-electron chi connectivity index (χ3n) is 2.22. The van der Waals surface area contributed by atoms with Crippen molar-refractivity contribution in [3.8, 4) is 0 Å². The summed E-state index contributed by atoms with van der Waals surface area (Å²) >= 11 is 0. The van der Waals surface area contributed by atoms with Crippen molar-refractivity contribution in [2.24, 2.45) is 0 Å². The Morgan fingerprint density at radius 2 is 2.05 bits per heavy atom. The fraction of sp³-hybridized carbons (Fsp3) is 0. The van der Waals surface area contributed by atoms with E-state index in [1.807, 2.05) is 4.72 Å². The molecule has 0 amide bonds. The zero-order valence-electron chi connectivity index (χ0n) is 9.72. The molecule has 0 aliphatic rings. The summed E-state index contributed by atoms with van der Waals surface area (Å²) in [5.74, 6) is -1.37. The van der Waals surface area contributed by atoms with E-state index >= 15 is 0 Å². The molecule has 0 saturated carbocycles. The number of nitro groups is 1. The van der Waals surface area contributed by atoms with Crippen molar-refractivity contribution < 1.29 is 17.7 Å². The van der Waals surface area contributed by atoms with Gasteiger partial charge in [0.05, 0.1) is 11.1 Å². The van der Waals surface area contributed by atoms with Crippen LogP contribution in [0.4, 0.5) is 15.9 Å². The number of halogens is 1. The number of hydrogen-bond acceptors (Lipinski definition) is 6. The number of para-hydroxylation sites is 1. The van der Waals surface area contributed by atoms with E-state index in [0.29, 0.717) is 0 Å². The molecular formula is C10H7FN4O4S. The molecule has 2 rings (SSSR count). The third kappa shape index (κ3) is 2.69. The highest BCUT2D eigenvalue weighted by Gasteiger charge is 2.29. The van der Waals surface area contributed by atoms with Crippen molar-refractivity contribution in [1.29, 1.82) is 0 Å². The number of benzene rings is 1. The van der Waals surface area contributed by atoms with E-state index in [0.717, 1.165) is 24.4 Å². The summed E-state index contributed by atoms with van der Waals surface area (Å²) in [4.78, 5) is 16.2. The summed E-state index contributed by atoms with van der Waals surface area (Å²) in [5, 5.41) is 10.8. The third-order valence-corrected chi connectivity index (χ3v) is 3.61. The molecular weight excluding hydrogens is 291 g/mol. The highest BCUT2D eigenvalue weighted by atomic mass is 32.2. The largest absolute Gasteiger partial charge is 0.325 e. The standard InChI is InChI=1S/C10H7FN4O4S/c11-7-2-1-3-8(10(7)15(16)17)20(18,19)14-9-6-12-4-5-13-9/h1-6H,(H,13,14). The molecule has 0 fully saturated rings. The monoisotopic (exact) mass is 298 g/mol. The van der Waals surface area contributed by atoms with E-state index < -0.39 is 31.3 Å². The number of nitrogens with zero attached hydrogens (tertiary/aromatic N) is 3. The maximum atomic E-state index is 13.4. The lowest BCUT2D eigenvalue weighted by atomic mass is 10.3. The quantitative estimate of drug-likeness (QED) is 0.672. The molecule has 20 heavy (non-hydrogen) atoms. The number of rotatable bonds is 4. The molecule has 2 aromatic rings. The van der Waals surface area contributed by atoms with Gasteiger partial charge in [-0.15, -0.1) is 0 Å². The minimum Gasteiger partial charge on any atom is -0.262 e. The first-order valence-corrected chi connectivity index (χ1v) is 6.62. The molecule has 1 N–H and O–H groups in total. The molecule has 0 spiro atoms. The van der Waals surface area contributed by atoms with Crippen LogP contribution in [0.1, 0.15) is 0 Å². The number of aromatic nitrogens is 2. The molecule has 0 aliphatic heterocycles. The molecule has 0 aliphatic carbocycles. The number of anilines is 1. The first-order chi connectivity index (χ1) is 9.42. The summed E-state index contributed by atoms with van der Waals surface area (Å²) in [6.45, 7) is 0. The van der Waals surface area contributed by atoms with E-state index in [1.54, 1.807) is 0 Å². The van der Waals surface area contributed by atoms with Crippen LogP contribution in [0.25, 0.3) is 0 Å². The van der Waals surface area contributed by atoms with Crippen LogP contribution >= 0.6 is 0 Å². The molecule has 1 aromatic carbocycles. The lowest BCUT2D eigenvalue weighted by Gasteiger charge is -2.07. The molecule has 10 heteroatoms. The Hall–Kier alpha value is -2.62. The molecule has 0 saturated heterocycles. The van der Waals surface area contributed by atoms with Crippen LogP contribution in [0.15, 0.2) is 41.7 Å². The number of sulfonamides is 1. The van der Waals surface area contributed by atoms with Crippen LogP contribution in [0, 0.1) is 15.9 Å². The Morgan fingerprint density at radius 1 is 1.30 bits per heavy atom. The highest BCUT2D eigenvalue weighted by Crippen LogP contribution is 2.27. The van der Waals surface area contributed by atoms with Gasteiger partial charge in [0.25, 0.3) is 10.0 Å². The topological polar surface area (TPSA) is 115 Å². The molecule has 0 atom stereocenters. The molecule has 1 aromatic heterocycles. The van der Waals surface area contributed by atoms with E-state index in [-0.39, 0.29) is 5.82 Å². The second-order valence-electron chi connectivity index (χ2n) is 3.54. The summed E-state index contributed by atoms with van der Waals surface area (Å²) in [6.07, 6.45) is 3.67. The van der Waals surface area contributed by atoms with Crippen LogP contribution in [-0.4, -0.2) is 23.3 Å². The summed E-state index contributed by atoms with van der Waals surface area (Å²) in [7, 11) is -4.35. The SMILES string of the molecule is O=[N+]([O-])c1c(F)cccc1S(=O)(=O)Nc1cnccn1. The normalized spacial score (nSPS) is 11.1. The van der Waals surface area contributed by atoms with E-state index in [2.05, 4.69) is 9.97 Å². The smallest absolute Gasteiger partial charge is 0.262 e. The fourth-order valence-corrected chi connectivity index (χ4v) is 2.61. The summed E-state index contributed by atoms with van der Waals surface area (Å²) < 4.78 is 39.5. The highest BCUT2D eigenvalue weighted by molar-refractivity contribution is 7.92. The number of nitrogens with one attached hydrogen (secondary N) is 1. The van der Waals surface area contributed by atoms with Gasteiger partial charge in [0.2, 0.25) is 5.82 Å². The van der Waals surface area contributed by atoms with E-state index in [1.165, 1.54) is 12.4 Å². The van der Waals surface area contributed by atoms with Gasteiger partial charge in [-0.05, 0) is 12.1 Å². The number of nitro benzene ring substituents is 1. The first kappa shape index (κ1) is 13.8. The van der Waals surface area contributed by atoms with E-state index in [9.17, 15) is 22.9 Å². The maximum absolute atomic E-state index is 13.4. The number of hydrogen-bond donors (Lipinski definition) is 1. The average Bonchev–Trinajstić information content (AvgIpc) is 2.38. The first-order valence-electron chi connectivity index (χ1n) is 5.13. The Kier molecular flexibility index (Phi) is 3.57. The van der Waals surface area contributed by atoms with Gasteiger partial charge in [0, 0.05) is 12.4 Å². The summed E-state index contributed by atoms with van der Waals surface area (Å²) in [5.41, 5.74) is -1.12. The Morgan fingerprint density at radius 3 is 2.65 bits per heavy atom. The maximum Gasteiger partial charge on any atom is 0.325 e. The molecule has 104 valence electrons. The van der Waals surface area contributed by atoms with Gasteiger partial charge in [0.15, 0.2) is 10.7 Å². The Bertz CT molecular complexity index is 751. The fourth-order valence-electron chi connectivity index (χ4n) is 1.43. The lowest BCUT2D eigenvalue weighted by molar-refractivity contribution is -0.390. The Labute approximate surface area is 112 Å². The van der Waals surface area contributed by atoms with Crippen molar-refractivity contribution in [2.45, 2.75) is 4.90 Å². The van der Waals surface area contributed by atoms with Crippen LogP contribution in [0.3, 0.4) is 0 Å². The second kappa shape index (κ2) is 5.17. The van der Waals surface area contributed by atoms with Crippen LogP contribution in [0.2, 0.25) is 0 Å². The van der Waals surface area contributed by atoms with Crippen molar-refractivity contribution in [3.63, 3.8) is 0 Å². The minimum atomic E-state index is -4.35. The van der Waals surface area contributed by atoms with Gasteiger partial charge in [-0.2, -0.15) is 4.39 Å². The predicted molar refractivity (Wildman–Crippen MR) is 65.9 cm³/mol. The molecule has 8 nitrogen and oxygen atoms in total. The average molecular weight is 298 g/mol. The zero-order valence-corrected chi connectivity index (χ0v) is 10.5. The second-order valence-corrected chi connectivity index (χ2v) is 5.19. The van der Waals surface area contributed by atoms with Gasteiger partial charge in [-0.25, -0.2) is 13.4 Å². The summed E-state index contributed by atoms with van der Waals surface area (Å²) in [6, 6.07) is 2.80. The molecule has 0 unspecified atom stereocenters. The van der Waals surface area contributed by atoms with Crippen molar-refractivity contribution in [3.05, 3.63) is 52.7 Å². The van der Waals surface area contributed by atoms with Gasteiger partial charge < -0.3 is 0 Å². The van der Waals surface area contributed by atoms with Crippen LogP contribution in [0.5, 0.6) is 0 Å². The minimum absolute atomic E-state index is 0.133. The zero-order chi connectivity index (χ0) is 14.8. The molecule has 1 heterocycles. The van der Waals surface area contributed by atoms with Gasteiger partial charge in [-0.3, -0.25) is 19.8 Å². The molecule has 0 radical (unpaired) electrons. The van der Waals surface area contributed by atoms with Crippen LogP contribution < -0.4 is 4.72 Å². The van der Waals surface area contributed by atoms with Gasteiger partial charge >= 0.3 is 5.69 Å². The van der Waals surface area contributed by atoms with Crippen molar-refractivity contribution >= 4 is 21.5 Å².